The van der Waals surface area contributed by atoms with Crippen molar-refractivity contribution in [2.45, 2.75) is 57.8 Å². The Morgan fingerprint density at radius 3 is 2.39 bits per heavy atom. The van der Waals surface area contributed by atoms with Crippen molar-refractivity contribution < 1.29 is 18.0 Å². The van der Waals surface area contributed by atoms with Gasteiger partial charge in [-0.05, 0) is 25.2 Å². The van der Waals surface area contributed by atoms with Crippen LogP contribution < -0.4 is 10.6 Å². The molecule has 1 saturated carbocycles. The second-order valence-electron chi connectivity index (χ2n) is 5.27. The molecule has 6 heteroatoms. The van der Waals surface area contributed by atoms with Gasteiger partial charge in [-0.15, -0.1) is 0 Å². The number of carbonyl (C=O) groups is 1. The van der Waals surface area contributed by atoms with Crippen molar-refractivity contribution in [2.75, 3.05) is 6.54 Å². The lowest BCUT2D eigenvalue weighted by atomic mass is 10.1. The van der Waals surface area contributed by atoms with Gasteiger partial charge in [0.2, 0.25) is 5.91 Å². The van der Waals surface area contributed by atoms with Crippen LogP contribution in [0.5, 0.6) is 0 Å². The third-order valence-electron chi connectivity index (χ3n) is 2.76. The predicted molar refractivity (Wildman–Crippen MR) is 63.1 cm³/mol. The van der Waals surface area contributed by atoms with Crippen LogP contribution in [0.1, 0.15) is 39.5 Å². The molecule has 2 N–H and O–H groups in total. The number of alkyl halides is 3. The molecule has 1 unspecified atom stereocenters. The highest BCUT2D eigenvalue weighted by Crippen LogP contribution is 2.27. The molecule has 0 spiro atoms. The van der Waals surface area contributed by atoms with Crippen LogP contribution >= 0.6 is 0 Å². The minimum absolute atomic E-state index is 0.00277. The first kappa shape index (κ1) is 15.3. The Balaban J connectivity index is 2.26. The van der Waals surface area contributed by atoms with Crippen molar-refractivity contribution >= 4 is 5.91 Å². The highest BCUT2D eigenvalue weighted by molar-refractivity contribution is 5.75. The molecule has 1 fully saturated rings. The number of nitrogens with one attached hydrogen (secondary N) is 2. The zero-order valence-electron chi connectivity index (χ0n) is 10.8. The molecule has 3 nitrogen and oxygen atoms in total. The molecule has 1 aliphatic rings. The number of hydrogen-bond acceptors (Lipinski definition) is 2. The Labute approximate surface area is 106 Å². The summed E-state index contributed by atoms with van der Waals surface area (Å²) in [4.78, 5) is 11.3. The maximum atomic E-state index is 12.7. The Morgan fingerprint density at radius 1 is 1.33 bits per heavy atom. The Morgan fingerprint density at radius 2 is 1.94 bits per heavy atom. The summed E-state index contributed by atoms with van der Waals surface area (Å²) in [6.07, 6.45) is -2.37. The van der Waals surface area contributed by atoms with Gasteiger partial charge in [-0.1, -0.05) is 13.8 Å². The van der Waals surface area contributed by atoms with E-state index in [2.05, 4.69) is 10.6 Å². The fourth-order valence-corrected chi connectivity index (χ4v) is 1.67. The fourth-order valence-electron chi connectivity index (χ4n) is 1.67. The van der Waals surface area contributed by atoms with E-state index >= 15 is 0 Å². The lowest BCUT2D eigenvalue weighted by Crippen LogP contribution is -2.45. The van der Waals surface area contributed by atoms with Crippen LogP contribution in [0, 0.1) is 5.92 Å². The third kappa shape index (κ3) is 6.23. The lowest BCUT2D eigenvalue weighted by Gasteiger charge is -2.21. The zero-order valence-corrected chi connectivity index (χ0v) is 10.8. The maximum Gasteiger partial charge on any atom is 0.403 e. The molecule has 1 amide bonds. The van der Waals surface area contributed by atoms with Crippen molar-refractivity contribution in [3.8, 4) is 0 Å². The van der Waals surface area contributed by atoms with Gasteiger partial charge in [0.1, 0.15) is 6.04 Å². The van der Waals surface area contributed by atoms with E-state index in [9.17, 15) is 18.0 Å². The largest absolute Gasteiger partial charge is 0.403 e. The van der Waals surface area contributed by atoms with Gasteiger partial charge in [0.05, 0.1) is 0 Å². The van der Waals surface area contributed by atoms with E-state index in [0.29, 0.717) is 6.42 Å². The first-order chi connectivity index (χ1) is 8.29. The number of halogens is 3. The average Bonchev–Trinajstić information content (AvgIpc) is 2.97. The number of hydrogen-bond donors (Lipinski definition) is 2. The van der Waals surface area contributed by atoms with Gasteiger partial charge in [-0.2, -0.15) is 13.2 Å². The van der Waals surface area contributed by atoms with Gasteiger partial charge < -0.3 is 10.6 Å². The molecule has 0 aliphatic heterocycles. The molecular weight excluding hydrogens is 245 g/mol. The predicted octanol–water partition coefficient (Wildman–Crippen LogP) is 2.22. The first-order valence-corrected chi connectivity index (χ1v) is 6.38. The summed E-state index contributed by atoms with van der Waals surface area (Å²) in [7, 11) is 0. The smallest absolute Gasteiger partial charge is 0.356 e. The zero-order chi connectivity index (χ0) is 13.8. The normalized spacial score (nSPS) is 17.9. The van der Waals surface area contributed by atoms with Gasteiger partial charge in [-0.3, -0.25) is 4.79 Å². The maximum absolute atomic E-state index is 12.7. The molecule has 1 atom stereocenters. The van der Waals surface area contributed by atoms with E-state index in [0.717, 1.165) is 12.8 Å². The summed E-state index contributed by atoms with van der Waals surface area (Å²) in [6.45, 7) is 3.86. The van der Waals surface area contributed by atoms with Gasteiger partial charge in [0.15, 0.2) is 0 Å². The minimum Gasteiger partial charge on any atom is -0.356 e. The summed E-state index contributed by atoms with van der Waals surface area (Å²) in [5.41, 5.74) is 0. The van der Waals surface area contributed by atoms with Gasteiger partial charge in [-0.25, -0.2) is 0 Å². The van der Waals surface area contributed by atoms with Crippen LogP contribution in [-0.4, -0.2) is 30.7 Å². The van der Waals surface area contributed by atoms with Crippen molar-refractivity contribution in [3.05, 3.63) is 0 Å². The van der Waals surface area contributed by atoms with E-state index in [1.807, 2.05) is 13.8 Å². The number of carbonyl (C=O) groups excluding carboxylic acids is 1. The monoisotopic (exact) mass is 266 g/mol. The van der Waals surface area contributed by atoms with Crippen molar-refractivity contribution in [1.82, 2.24) is 10.6 Å². The van der Waals surface area contributed by atoms with E-state index in [4.69, 9.17) is 0 Å². The van der Waals surface area contributed by atoms with Crippen molar-refractivity contribution in [3.63, 3.8) is 0 Å². The van der Waals surface area contributed by atoms with Crippen LogP contribution in [0.25, 0.3) is 0 Å². The van der Waals surface area contributed by atoms with E-state index in [1.165, 1.54) is 0 Å². The summed E-state index contributed by atoms with van der Waals surface area (Å²) in [5, 5.41) is 5.10. The fraction of sp³-hybridized carbons (Fsp3) is 0.917. The number of amides is 1. The van der Waals surface area contributed by atoms with Gasteiger partial charge >= 0.3 is 6.18 Å². The quantitative estimate of drug-likeness (QED) is 0.742. The molecule has 0 radical (unpaired) electrons. The van der Waals surface area contributed by atoms with Crippen molar-refractivity contribution in [2.24, 2.45) is 5.92 Å². The van der Waals surface area contributed by atoms with Crippen LogP contribution in [0.15, 0.2) is 0 Å². The van der Waals surface area contributed by atoms with E-state index in [-0.39, 0.29) is 30.8 Å². The molecule has 1 aliphatic carbocycles. The molecule has 0 aromatic rings. The van der Waals surface area contributed by atoms with Crippen LogP contribution in [0.4, 0.5) is 13.2 Å². The second kappa shape index (κ2) is 6.41. The SMILES string of the molecule is CC(C)CC(=O)NCCC(NC1CC1)C(F)(F)F. The van der Waals surface area contributed by atoms with Crippen LogP contribution in [-0.2, 0) is 4.79 Å². The first-order valence-electron chi connectivity index (χ1n) is 6.38. The molecule has 0 aromatic carbocycles. The summed E-state index contributed by atoms with van der Waals surface area (Å²) < 4.78 is 38.0. The standard InChI is InChI=1S/C12H21F3N2O/c1-8(2)7-11(18)16-6-5-10(12(13,14)15)17-9-3-4-9/h8-10,17H,3-7H2,1-2H3,(H,16,18). The summed E-state index contributed by atoms with van der Waals surface area (Å²) >= 11 is 0. The molecular formula is C12H21F3N2O. The topological polar surface area (TPSA) is 41.1 Å². The van der Waals surface area contributed by atoms with E-state index < -0.39 is 12.2 Å². The van der Waals surface area contributed by atoms with Gasteiger partial charge in [0.25, 0.3) is 0 Å². The Kier molecular flexibility index (Phi) is 5.44. The lowest BCUT2D eigenvalue weighted by molar-refractivity contribution is -0.157. The van der Waals surface area contributed by atoms with Crippen LogP contribution in [0.3, 0.4) is 0 Å². The Bertz CT molecular complexity index is 275. The highest BCUT2D eigenvalue weighted by Gasteiger charge is 2.41. The summed E-state index contributed by atoms with van der Waals surface area (Å²) in [5.74, 6) is 0.0327. The Hall–Kier alpha value is -0.780. The molecule has 18 heavy (non-hydrogen) atoms. The number of rotatable bonds is 7. The van der Waals surface area contributed by atoms with Crippen LogP contribution in [0.2, 0.25) is 0 Å². The average molecular weight is 266 g/mol. The molecule has 0 heterocycles. The molecule has 106 valence electrons. The summed E-state index contributed by atoms with van der Waals surface area (Å²) in [6, 6.07) is -1.51. The van der Waals surface area contributed by atoms with Gasteiger partial charge in [0, 0.05) is 19.0 Å². The second-order valence-corrected chi connectivity index (χ2v) is 5.27. The van der Waals surface area contributed by atoms with Crippen molar-refractivity contribution in [1.29, 1.82) is 0 Å². The third-order valence-corrected chi connectivity index (χ3v) is 2.76. The molecule has 1 rings (SSSR count). The molecule has 0 aromatic heterocycles. The van der Waals surface area contributed by atoms with E-state index in [1.54, 1.807) is 0 Å². The molecule has 0 bridgehead atoms. The minimum atomic E-state index is -4.24. The highest BCUT2D eigenvalue weighted by atomic mass is 19.4. The molecule has 0 saturated heterocycles.